The summed E-state index contributed by atoms with van der Waals surface area (Å²) in [6, 6.07) is 14.2. The Morgan fingerprint density at radius 2 is 1.53 bits per heavy atom. The highest BCUT2D eigenvalue weighted by atomic mass is 15.1. The molecule has 2 rings (SSSR count). The zero-order valence-corrected chi connectivity index (χ0v) is 11.9. The number of hydrogen-bond donors (Lipinski definition) is 0. The van der Waals surface area contributed by atoms with E-state index in [2.05, 4.69) is 34.2 Å². The number of azo groups is 1. The predicted octanol–water partition coefficient (Wildman–Crippen LogP) is 4.78. The fourth-order valence-corrected chi connectivity index (χ4v) is 1.76. The molecule has 0 aliphatic rings. The summed E-state index contributed by atoms with van der Waals surface area (Å²) < 4.78 is 0. The van der Waals surface area contributed by atoms with Crippen LogP contribution >= 0.6 is 0 Å². The minimum atomic E-state index is 0.867. The van der Waals surface area contributed by atoms with Crippen LogP contribution in [-0.2, 0) is 0 Å². The van der Waals surface area contributed by atoms with E-state index in [1.807, 2.05) is 51.4 Å². The largest absolute Gasteiger partial charge is 0.378 e. The monoisotopic (exact) mass is 253 g/mol. The van der Waals surface area contributed by atoms with Crippen LogP contribution in [0.2, 0.25) is 0 Å². The molecular weight excluding hydrogens is 234 g/mol. The average molecular weight is 253 g/mol. The third-order valence-corrected chi connectivity index (χ3v) is 3.00. The molecular formula is C16H19N3. The molecule has 0 radical (unpaired) electrons. The molecule has 0 amide bonds. The Kier molecular flexibility index (Phi) is 3.95. The summed E-state index contributed by atoms with van der Waals surface area (Å²) >= 11 is 0. The predicted molar refractivity (Wildman–Crippen MR) is 80.9 cm³/mol. The van der Waals surface area contributed by atoms with Crippen molar-refractivity contribution in [1.82, 2.24) is 0 Å². The van der Waals surface area contributed by atoms with E-state index in [-0.39, 0.29) is 0 Å². The minimum absolute atomic E-state index is 0.867. The fourth-order valence-electron chi connectivity index (χ4n) is 1.76. The minimum Gasteiger partial charge on any atom is -0.378 e. The first-order valence-corrected chi connectivity index (χ1v) is 6.32. The second kappa shape index (κ2) is 5.65. The van der Waals surface area contributed by atoms with Crippen LogP contribution in [-0.4, -0.2) is 14.1 Å². The molecule has 0 saturated carbocycles. The molecule has 2 aromatic carbocycles. The van der Waals surface area contributed by atoms with Gasteiger partial charge < -0.3 is 4.90 Å². The van der Waals surface area contributed by atoms with Crippen molar-refractivity contribution in [2.75, 3.05) is 19.0 Å². The van der Waals surface area contributed by atoms with E-state index < -0.39 is 0 Å². The van der Waals surface area contributed by atoms with E-state index >= 15 is 0 Å². The maximum atomic E-state index is 4.32. The maximum Gasteiger partial charge on any atom is 0.0888 e. The Morgan fingerprint density at radius 1 is 0.842 bits per heavy atom. The molecule has 0 atom stereocenters. The van der Waals surface area contributed by atoms with Gasteiger partial charge >= 0.3 is 0 Å². The molecule has 0 saturated heterocycles. The lowest BCUT2D eigenvalue weighted by atomic mass is 10.1. The zero-order valence-electron chi connectivity index (χ0n) is 11.9. The van der Waals surface area contributed by atoms with Crippen LogP contribution in [0.5, 0.6) is 0 Å². The van der Waals surface area contributed by atoms with Crippen molar-refractivity contribution in [1.29, 1.82) is 0 Å². The van der Waals surface area contributed by atoms with Crippen molar-refractivity contribution in [3.8, 4) is 0 Å². The van der Waals surface area contributed by atoms with Crippen LogP contribution in [0.3, 0.4) is 0 Å². The SMILES string of the molecule is Cc1ccc(C)c(N=Nc2ccc(N(C)C)cc2)c1. The van der Waals surface area contributed by atoms with Gasteiger partial charge in [-0.25, -0.2) is 0 Å². The third-order valence-electron chi connectivity index (χ3n) is 3.00. The van der Waals surface area contributed by atoms with Crippen molar-refractivity contribution in [2.24, 2.45) is 10.2 Å². The van der Waals surface area contributed by atoms with Gasteiger partial charge in [-0.15, -0.1) is 0 Å². The quantitative estimate of drug-likeness (QED) is 0.723. The molecule has 0 heterocycles. The molecule has 0 aliphatic heterocycles. The number of hydrogen-bond acceptors (Lipinski definition) is 3. The number of nitrogens with zero attached hydrogens (tertiary/aromatic N) is 3. The summed E-state index contributed by atoms with van der Waals surface area (Å²) in [5.41, 5.74) is 5.29. The molecule has 3 nitrogen and oxygen atoms in total. The van der Waals surface area contributed by atoms with Crippen molar-refractivity contribution in [3.63, 3.8) is 0 Å². The lowest BCUT2D eigenvalue weighted by Gasteiger charge is -2.11. The van der Waals surface area contributed by atoms with E-state index in [9.17, 15) is 0 Å². The second-order valence-corrected chi connectivity index (χ2v) is 4.90. The summed E-state index contributed by atoms with van der Waals surface area (Å²) in [5, 5.41) is 8.61. The molecule has 0 aliphatic carbocycles. The molecule has 3 heteroatoms. The smallest absolute Gasteiger partial charge is 0.0888 e. The van der Waals surface area contributed by atoms with Gasteiger partial charge in [-0.3, -0.25) is 0 Å². The van der Waals surface area contributed by atoms with Gasteiger partial charge in [0.15, 0.2) is 0 Å². The van der Waals surface area contributed by atoms with Crippen molar-refractivity contribution in [3.05, 3.63) is 53.6 Å². The molecule has 0 N–H and O–H groups in total. The number of anilines is 1. The van der Waals surface area contributed by atoms with Gasteiger partial charge in [0, 0.05) is 19.8 Å². The summed E-state index contributed by atoms with van der Waals surface area (Å²) in [6.45, 7) is 4.10. The van der Waals surface area contributed by atoms with Crippen molar-refractivity contribution in [2.45, 2.75) is 13.8 Å². The van der Waals surface area contributed by atoms with E-state index in [0.29, 0.717) is 0 Å². The van der Waals surface area contributed by atoms with E-state index in [1.165, 1.54) is 5.56 Å². The lowest BCUT2D eigenvalue weighted by Crippen LogP contribution is -2.07. The molecule has 98 valence electrons. The maximum absolute atomic E-state index is 4.32. The van der Waals surface area contributed by atoms with E-state index in [1.54, 1.807) is 0 Å². The van der Waals surface area contributed by atoms with Gasteiger partial charge in [-0.05, 0) is 55.3 Å². The number of benzene rings is 2. The van der Waals surface area contributed by atoms with Gasteiger partial charge in [0.25, 0.3) is 0 Å². The summed E-state index contributed by atoms with van der Waals surface area (Å²) in [4.78, 5) is 2.06. The fraction of sp³-hybridized carbons (Fsp3) is 0.250. The average Bonchev–Trinajstić information content (AvgIpc) is 2.40. The normalized spacial score (nSPS) is 10.9. The van der Waals surface area contributed by atoms with E-state index in [4.69, 9.17) is 0 Å². The van der Waals surface area contributed by atoms with Crippen molar-refractivity contribution >= 4 is 17.1 Å². The van der Waals surface area contributed by atoms with Gasteiger partial charge in [-0.1, -0.05) is 12.1 Å². The third kappa shape index (κ3) is 3.41. The van der Waals surface area contributed by atoms with Crippen LogP contribution in [0.4, 0.5) is 17.1 Å². The van der Waals surface area contributed by atoms with Gasteiger partial charge in [-0.2, -0.15) is 10.2 Å². The Morgan fingerprint density at radius 3 is 2.16 bits per heavy atom. The van der Waals surface area contributed by atoms with Crippen LogP contribution in [0.1, 0.15) is 11.1 Å². The molecule has 2 aromatic rings. The first-order chi connectivity index (χ1) is 9.06. The summed E-state index contributed by atoms with van der Waals surface area (Å²) in [6.07, 6.45) is 0. The van der Waals surface area contributed by atoms with Crippen molar-refractivity contribution < 1.29 is 0 Å². The highest BCUT2D eigenvalue weighted by Crippen LogP contribution is 2.24. The second-order valence-electron chi connectivity index (χ2n) is 4.90. The molecule has 19 heavy (non-hydrogen) atoms. The first kappa shape index (κ1) is 13.3. The lowest BCUT2D eigenvalue weighted by molar-refractivity contribution is 1.13. The van der Waals surface area contributed by atoms with Gasteiger partial charge in [0.05, 0.1) is 11.4 Å². The topological polar surface area (TPSA) is 28.0 Å². The Bertz CT molecular complexity index is 583. The summed E-state index contributed by atoms with van der Waals surface area (Å²) in [7, 11) is 4.04. The summed E-state index contributed by atoms with van der Waals surface area (Å²) in [5.74, 6) is 0. The van der Waals surface area contributed by atoms with Crippen LogP contribution in [0.25, 0.3) is 0 Å². The standard InChI is InChI=1S/C16H19N3/c1-12-5-6-13(2)16(11-12)18-17-14-7-9-15(10-8-14)19(3)4/h5-11H,1-4H3. The van der Waals surface area contributed by atoms with Crippen LogP contribution < -0.4 is 4.90 Å². The zero-order chi connectivity index (χ0) is 13.8. The Hall–Kier alpha value is -2.16. The molecule has 0 unspecified atom stereocenters. The van der Waals surface area contributed by atoms with Gasteiger partial charge in [0.1, 0.15) is 0 Å². The molecule has 0 aromatic heterocycles. The number of rotatable bonds is 3. The van der Waals surface area contributed by atoms with Crippen LogP contribution in [0.15, 0.2) is 52.7 Å². The van der Waals surface area contributed by atoms with Gasteiger partial charge in [0.2, 0.25) is 0 Å². The van der Waals surface area contributed by atoms with Crippen LogP contribution in [0, 0.1) is 13.8 Å². The number of aryl methyl sites for hydroxylation is 2. The molecule has 0 spiro atoms. The van der Waals surface area contributed by atoms with E-state index in [0.717, 1.165) is 22.6 Å². The highest BCUT2D eigenvalue weighted by molar-refractivity contribution is 5.52. The molecule has 0 fully saturated rings. The molecule has 0 bridgehead atoms. The first-order valence-electron chi connectivity index (χ1n) is 6.32. The highest BCUT2D eigenvalue weighted by Gasteiger charge is 1.98. The Labute approximate surface area is 114 Å². The Balaban J connectivity index is 2.20.